The van der Waals surface area contributed by atoms with Gasteiger partial charge in [0.2, 0.25) is 11.8 Å². The van der Waals surface area contributed by atoms with Gasteiger partial charge in [0.1, 0.15) is 19.1 Å². The number of nitrogens with one attached hydrogen (secondary N) is 1. The number of hydrogen-bond acceptors (Lipinski definition) is 4. The van der Waals surface area contributed by atoms with Crippen molar-refractivity contribution < 1.29 is 24.3 Å². The molecule has 9 heteroatoms. The largest absolute Gasteiger partial charge is 0.480 e. The maximum absolute atomic E-state index is 11.7. The van der Waals surface area contributed by atoms with Crippen LogP contribution in [-0.4, -0.2) is 53.0 Å². The highest BCUT2D eigenvalue weighted by atomic mass is 16.4. The molecule has 0 saturated carbocycles. The second-order valence-corrected chi connectivity index (χ2v) is 3.92. The van der Waals surface area contributed by atoms with Crippen molar-refractivity contribution >= 4 is 23.8 Å². The minimum absolute atomic E-state index is 0.224. The fraction of sp³-hybridized carbons (Fsp3) is 0.600. The zero-order valence-corrected chi connectivity index (χ0v) is 10.6. The topological polar surface area (TPSA) is 156 Å². The summed E-state index contributed by atoms with van der Waals surface area (Å²) < 4.78 is 0. The summed E-state index contributed by atoms with van der Waals surface area (Å²) >= 11 is 0. The molecule has 0 aromatic heterocycles. The van der Waals surface area contributed by atoms with Crippen LogP contribution in [0.4, 0.5) is 4.79 Å². The van der Waals surface area contributed by atoms with Crippen LogP contribution in [-0.2, 0) is 14.4 Å². The van der Waals surface area contributed by atoms with E-state index in [-0.39, 0.29) is 6.42 Å². The quantitative estimate of drug-likeness (QED) is 0.411. The fourth-order valence-corrected chi connectivity index (χ4v) is 1.36. The first-order chi connectivity index (χ1) is 8.77. The molecule has 0 aromatic carbocycles. The number of aliphatic carboxylic acids is 1. The Balaban J connectivity index is 4.72. The predicted octanol–water partition coefficient (Wildman–Crippen LogP) is -1.78. The van der Waals surface area contributed by atoms with Gasteiger partial charge in [-0.15, -0.1) is 0 Å². The third-order valence-electron chi connectivity index (χ3n) is 2.15. The minimum atomic E-state index is -1.20. The normalized spacial score (nSPS) is 11.4. The van der Waals surface area contributed by atoms with Gasteiger partial charge in [-0.3, -0.25) is 9.59 Å². The molecule has 0 rings (SSSR count). The highest BCUT2D eigenvalue weighted by Gasteiger charge is 2.24. The van der Waals surface area contributed by atoms with Crippen LogP contribution < -0.4 is 16.8 Å². The van der Waals surface area contributed by atoms with E-state index in [1.807, 2.05) is 0 Å². The predicted molar refractivity (Wildman–Crippen MR) is 64.8 cm³/mol. The Hall–Kier alpha value is -2.32. The average Bonchev–Trinajstić information content (AvgIpc) is 2.25. The van der Waals surface area contributed by atoms with Gasteiger partial charge in [0.05, 0.1) is 0 Å². The molecule has 1 atom stereocenters. The molecule has 0 aliphatic heterocycles. The van der Waals surface area contributed by atoms with Crippen LogP contribution in [0.3, 0.4) is 0 Å². The van der Waals surface area contributed by atoms with Crippen molar-refractivity contribution in [3.05, 3.63) is 0 Å². The van der Waals surface area contributed by atoms with E-state index >= 15 is 0 Å². The van der Waals surface area contributed by atoms with Gasteiger partial charge in [-0.25, -0.2) is 9.59 Å². The van der Waals surface area contributed by atoms with Crippen molar-refractivity contribution in [2.45, 2.75) is 25.8 Å². The number of amides is 4. The van der Waals surface area contributed by atoms with Crippen LogP contribution in [0.2, 0.25) is 0 Å². The van der Waals surface area contributed by atoms with Gasteiger partial charge < -0.3 is 26.8 Å². The third-order valence-corrected chi connectivity index (χ3v) is 2.15. The van der Waals surface area contributed by atoms with E-state index < -0.39 is 42.9 Å². The minimum Gasteiger partial charge on any atom is -0.480 e. The molecule has 0 heterocycles. The molecular formula is C10H18N4O5. The lowest BCUT2D eigenvalue weighted by Crippen LogP contribution is -2.52. The molecule has 19 heavy (non-hydrogen) atoms. The number of carbonyl (C=O) groups is 4. The Kier molecular flexibility index (Phi) is 6.94. The van der Waals surface area contributed by atoms with E-state index in [9.17, 15) is 19.2 Å². The number of urea groups is 1. The maximum Gasteiger partial charge on any atom is 0.326 e. The lowest BCUT2D eigenvalue weighted by molar-refractivity contribution is -0.139. The van der Waals surface area contributed by atoms with Crippen LogP contribution in [0, 0.1) is 0 Å². The first-order valence-electron chi connectivity index (χ1n) is 5.62. The molecule has 0 aromatic rings. The van der Waals surface area contributed by atoms with Gasteiger partial charge in [0.25, 0.3) is 0 Å². The van der Waals surface area contributed by atoms with Crippen molar-refractivity contribution in [2.24, 2.45) is 11.5 Å². The summed E-state index contributed by atoms with van der Waals surface area (Å²) in [6.45, 7) is 0.715. The van der Waals surface area contributed by atoms with Gasteiger partial charge in [-0.1, -0.05) is 13.3 Å². The SMILES string of the molecule is CCCC(NC(=O)N(CC(N)=O)CC(N)=O)C(=O)O. The lowest BCUT2D eigenvalue weighted by atomic mass is 10.2. The highest BCUT2D eigenvalue weighted by molar-refractivity contribution is 5.89. The number of hydrogen-bond donors (Lipinski definition) is 4. The number of nitrogens with two attached hydrogens (primary N) is 2. The Bertz CT molecular complexity index is 355. The smallest absolute Gasteiger partial charge is 0.326 e. The van der Waals surface area contributed by atoms with Crippen molar-refractivity contribution in [2.75, 3.05) is 13.1 Å². The summed E-state index contributed by atoms with van der Waals surface area (Å²) in [6, 6.07) is -1.97. The van der Waals surface area contributed by atoms with Gasteiger partial charge in [-0.05, 0) is 6.42 Å². The molecule has 0 saturated heterocycles. The summed E-state index contributed by atoms with van der Waals surface area (Å²) in [5.41, 5.74) is 9.85. The van der Waals surface area contributed by atoms with Gasteiger partial charge in [-0.2, -0.15) is 0 Å². The molecule has 1 unspecified atom stereocenters. The van der Waals surface area contributed by atoms with E-state index in [0.717, 1.165) is 4.90 Å². The van der Waals surface area contributed by atoms with E-state index in [1.54, 1.807) is 6.92 Å². The fourth-order valence-electron chi connectivity index (χ4n) is 1.36. The number of carboxylic acid groups (broad SMARTS) is 1. The molecule has 0 fully saturated rings. The number of rotatable bonds is 8. The van der Waals surface area contributed by atoms with E-state index in [1.165, 1.54) is 0 Å². The van der Waals surface area contributed by atoms with Crippen LogP contribution >= 0.6 is 0 Å². The van der Waals surface area contributed by atoms with Crippen LogP contribution in [0.15, 0.2) is 0 Å². The maximum atomic E-state index is 11.7. The summed E-state index contributed by atoms with van der Waals surface area (Å²) in [4.78, 5) is 44.9. The summed E-state index contributed by atoms with van der Waals surface area (Å²) in [7, 11) is 0. The van der Waals surface area contributed by atoms with Crippen LogP contribution in [0.1, 0.15) is 19.8 Å². The zero-order valence-electron chi connectivity index (χ0n) is 10.6. The summed E-state index contributed by atoms with van der Waals surface area (Å²) in [5, 5.41) is 11.1. The van der Waals surface area contributed by atoms with E-state index in [0.29, 0.717) is 6.42 Å². The lowest BCUT2D eigenvalue weighted by Gasteiger charge is -2.22. The van der Waals surface area contributed by atoms with Crippen LogP contribution in [0.5, 0.6) is 0 Å². The second kappa shape index (κ2) is 7.90. The molecule has 6 N–H and O–H groups in total. The molecule has 9 nitrogen and oxygen atoms in total. The van der Waals surface area contributed by atoms with Crippen molar-refractivity contribution in [3.8, 4) is 0 Å². The number of nitrogens with zero attached hydrogens (tertiary/aromatic N) is 1. The van der Waals surface area contributed by atoms with Crippen molar-refractivity contribution in [1.29, 1.82) is 0 Å². The molecule has 0 radical (unpaired) electrons. The number of primary amides is 2. The summed E-state index contributed by atoms with van der Waals surface area (Å²) in [6.07, 6.45) is 0.769. The first-order valence-corrected chi connectivity index (χ1v) is 5.62. The Morgan fingerprint density at radius 1 is 1.16 bits per heavy atom. The Morgan fingerprint density at radius 3 is 1.95 bits per heavy atom. The van der Waals surface area contributed by atoms with E-state index in [4.69, 9.17) is 16.6 Å². The van der Waals surface area contributed by atoms with Crippen molar-refractivity contribution in [1.82, 2.24) is 10.2 Å². The number of carbonyl (C=O) groups excluding carboxylic acids is 3. The molecular weight excluding hydrogens is 256 g/mol. The Labute approximate surface area is 109 Å². The second-order valence-electron chi connectivity index (χ2n) is 3.92. The first kappa shape index (κ1) is 16.7. The molecule has 108 valence electrons. The summed E-state index contributed by atoms with van der Waals surface area (Å²) in [5.74, 6) is -2.87. The third kappa shape index (κ3) is 6.86. The standard InChI is InChI=1S/C10H18N4O5/c1-2-3-6(9(17)18)13-10(19)14(4-7(11)15)5-8(12)16/h6H,2-5H2,1H3,(H2,11,15)(H2,12,16)(H,13,19)(H,17,18). The molecule has 0 aliphatic carbocycles. The molecule has 0 bridgehead atoms. The Morgan fingerprint density at radius 2 is 1.63 bits per heavy atom. The highest BCUT2D eigenvalue weighted by Crippen LogP contribution is 1.99. The molecule has 0 aliphatic rings. The van der Waals surface area contributed by atoms with Gasteiger partial charge >= 0.3 is 12.0 Å². The monoisotopic (exact) mass is 274 g/mol. The van der Waals surface area contributed by atoms with E-state index in [2.05, 4.69) is 5.32 Å². The van der Waals surface area contributed by atoms with Crippen molar-refractivity contribution in [3.63, 3.8) is 0 Å². The average molecular weight is 274 g/mol. The molecule has 4 amide bonds. The number of carboxylic acids is 1. The molecule has 0 spiro atoms. The van der Waals surface area contributed by atoms with Crippen LogP contribution in [0.25, 0.3) is 0 Å². The van der Waals surface area contributed by atoms with Gasteiger partial charge in [0, 0.05) is 0 Å². The van der Waals surface area contributed by atoms with Gasteiger partial charge in [0.15, 0.2) is 0 Å². The zero-order chi connectivity index (χ0) is 15.0.